The van der Waals surface area contributed by atoms with Crippen molar-refractivity contribution in [2.75, 3.05) is 0 Å². The fourth-order valence-corrected chi connectivity index (χ4v) is 1.68. The summed E-state index contributed by atoms with van der Waals surface area (Å²) in [6.07, 6.45) is -1.36. The molecule has 0 aliphatic heterocycles. The zero-order chi connectivity index (χ0) is 9.42. The lowest BCUT2D eigenvalue weighted by Crippen LogP contribution is -1.80. The van der Waals surface area contributed by atoms with E-state index in [9.17, 15) is 8.78 Å². The molecule has 68 valence electrons. The van der Waals surface area contributed by atoms with Crippen molar-refractivity contribution >= 4 is 33.6 Å². The van der Waals surface area contributed by atoms with Crippen LogP contribution >= 0.6 is 22.6 Å². The number of fused-ring (bicyclic) bond motifs is 1. The van der Waals surface area contributed by atoms with Crippen molar-refractivity contribution in [3.05, 3.63) is 33.6 Å². The molecule has 2 rings (SSSR count). The van der Waals surface area contributed by atoms with E-state index in [0.29, 0.717) is 11.0 Å². The summed E-state index contributed by atoms with van der Waals surface area (Å²) >= 11 is 2.08. The van der Waals surface area contributed by atoms with Crippen molar-refractivity contribution in [1.82, 2.24) is 0 Å². The van der Waals surface area contributed by atoms with Crippen LogP contribution in [0.3, 0.4) is 0 Å². The minimum absolute atomic E-state index is 0.0338. The zero-order valence-electron chi connectivity index (χ0n) is 6.43. The summed E-state index contributed by atoms with van der Waals surface area (Å²) in [4.78, 5) is 0. The molecule has 1 nitrogen and oxygen atoms in total. The molecule has 0 spiro atoms. The molecule has 2 aromatic rings. The van der Waals surface area contributed by atoms with Crippen LogP contribution in [0.15, 0.2) is 28.9 Å². The monoisotopic (exact) mass is 294 g/mol. The third-order valence-electron chi connectivity index (χ3n) is 1.80. The Balaban J connectivity index is 2.71. The van der Waals surface area contributed by atoms with Crippen LogP contribution < -0.4 is 0 Å². The maximum atomic E-state index is 12.4. The number of rotatable bonds is 1. The second kappa shape index (κ2) is 3.25. The molecule has 0 aliphatic rings. The SMILES string of the molecule is FC(F)c1coc2ccc(I)cc12. The molecule has 1 heterocycles. The average Bonchev–Trinajstić information content (AvgIpc) is 2.46. The van der Waals surface area contributed by atoms with Gasteiger partial charge in [-0.2, -0.15) is 0 Å². The summed E-state index contributed by atoms with van der Waals surface area (Å²) in [5.41, 5.74) is 0.476. The number of alkyl halides is 2. The van der Waals surface area contributed by atoms with Gasteiger partial charge in [-0.05, 0) is 40.8 Å². The first kappa shape index (κ1) is 8.93. The molecule has 0 saturated carbocycles. The van der Waals surface area contributed by atoms with Crippen LogP contribution in [-0.4, -0.2) is 0 Å². The van der Waals surface area contributed by atoms with Gasteiger partial charge in [0, 0.05) is 8.96 Å². The van der Waals surface area contributed by atoms with E-state index in [0.717, 1.165) is 9.83 Å². The molecule has 1 aromatic heterocycles. The van der Waals surface area contributed by atoms with Gasteiger partial charge < -0.3 is 4.42 Å². The van der Waals surface area contributed by atoms with Crippen molar-refractivity contribution in [3.8, 4) is 0 Å². The van der Waals surface area contributed by atoms with Crippen LogP contribution in [-0.2, 0) is 0 Å². The molecule has 0 saturated heterocycles. The standard InChI is InChI=1S/C9H5F2IO/c10-9(11)7-4-13-8-2-1-5(12)3-6(7)8/h1-4,9H. The van der Waals surface area contributed by atoms with E-state index in [1.54, 1.807) is 12.1 Å². The average molecular weight is 294 g/mol. The van der Waals surface area contributed by atoms with Crippen LogP contribution in [0.25, 0.3) is 11.0 Å². The van der Waals surface area contributed by atoms with Crippen molar-refractivity contribution in [1.29, 1.82) is 0 Å². The van der Waals surface area contributed by atoms with Gasteiger partial charge >= 0.3 is 0 Å². The van der Waals surface area contributed by atoms with Crippen molar-refractivity contribution in [2.24, 2.45) is 0 Å². The first-order chi connectivity index (χ1) is 6.18. The van der Waals surface area contributed by atoms with E-state index >= 15 is 0 Å². The fourth-order valence-electron chi connectivity index (χ4n) is 1.19. The van der Waals surface area contributed by atoms with Crippen LogP contribution in [0.2, 0.25) is 0 Å². The molecule has 0 bridgehead atoms. The van der Waals surface area contributed by atoms with E-state index in [1.165, 1.54) is 0 Å². The Hall–Kier alpha value is -0.650. The van der Waals surface area contributed by atoms with Gasteiger partial charge in [-0.25, -0.2) is 8.78 Å². The molecule has 0 fully saturated rings. The topological polar surface area (TPSA) is 13.1 Å². The number of furan rings is 1. The summed E-state index contributed by atoms with van der Waals surface area (Å²) < 4.78 is 30.7. The highest BCUT2D eigenvalue weighted by Crippen LogP contribution is 2.30. The minimum Gasteiger partial charge on any atom is -0.464 e. The molecule has 0 radical (unpaired) electrons. The van der Waals surface area contributed by atoms with E-state index in [1.807, 2.05) is 6.07 Å². The highest BCUT2D eigenvalue weighted by atomic mass is 127. The Morgan fingerprint density at radius 2 is 2.08 bits per heavy atom. The zero-order valence-corrected chi connectivity index (χ0v) is 8.59. The van der Waals surface area contributed by atoms with Gasteiger partial charge in [0.2, 0.25) is 0 Å². The number of hydrogen-bond acceptors (Lipinski definition) is 1. The van der Waals surface area contributed by atoms with Crippen LogP contribution in [0.5, 0.6) is 0 Å². The highest BCUT2D eigenvalue weighted by Gasteiger charge is 2.14. The summed E-state index contributed by atoms with van der Waals surface area (Å²) in [5, 5.41) is 0.502. The molecule has 0 atom stereocenters. The van der Waals surface area contributed by atoms with Crippen LogP contribution in [0, 0.1) is 3.57 Å². The molecule has 0 amide bonds. The number of halogens is 3. The third kappa shape index (κ3) is 1.54. The Bertz CT molecular complexity index is 436. The van der Waals surface area contributed by atoms with Gasteiger partial charge in [-0.3, -0.25) is 0 Å². The second-order valence-electron chi connectivity index (χ2n) is 2.63. The van der Waals surface area contributed by atoms with Gasteiger partial charge in [0.1, 0.15) is 11.8 Å². The largest absolute Gasteiger partial charge is 0.464 e. The van der Waals surface area contributed by atoms with Gasteiger partial charge in [0.25, 0.3) is 6.43 Å². The van der Waals surface area contributed by atoms with Gasteiger partial charge in [0.05, 0.1) is 5.56 Å². The second-order valence-corrected chi connectivity index (χ2v) is 3.88. The molecular weight excluding hydrogens is 289 g/mol. The number of benzene rings is 1. The maximum absolute atomic E-state index is 12.4. The Morgan fingerprint density at radius 1 is 1.31 bits per heavy atom. The Morgan fingerprint density at radius 3 is 2.77 bits per heavy atom. The number of hydrogen-bond donors (Lipinski definition) is 0. The summed E-state index contributed by atoms with van der Waals surface area (Å²) in [6, 6.07) is 5.21. The molecule has 0 N–H and O–H groups in total. The molecule has 4 heteroatoms. The van der Waals surface area contributed by atoms with Gasteiger partial charge in [-0.1, -0.05) is 0 Å². The maximum Gasteiger partial charge on any atom is 0.267 e. The van der Waals surface area contributed by atoms with Crippen molar-refractivity contribution in [3.63, 3.8) is 0 Å². The van der Waals surface area contributed by atoms with Gasteiger partial charge in [0.15, 0.2) is 0 Å². The van der Waals surface area contributed by atoms with E-state index in [-0.39, 0.29) is 5.56 Å². The summed E-state index contributed by atoms with van der Waals surface area (Å²) in [5.74, 6) is 0. The predicted octanol–water partition coefficient (Wildman–Crippen LogP) is 3.98. The van der Waals surface area contributed by atoms with Crippen molar-refractivity contribution < 1.29 is 13.2 Å². The normalized spacial score (nSPS) is 11.4. The van der Waals surface area contributed by atoms with E-state index in [2.05, 4.69) is 22.6 Å². The quantitative estimate of drug-likeness (QED) is 0.725. The Labute approximate surface area is 86.9 Å². The van der Waals surface area contributed by atoms with Crippen LogP contribution in [0.1, 0.15) is 12.0 Å². The predicted molar refractivity (Wildman–Crippen MR) is 53.9 cm³/mol. The van der Waals surface area contributed by atoms with Crippen LogP contribution in [0.4, 0.5) is 8.78 Å². The smallest absolute Gasteiger partial charge is 0.267 e. The lowest BCUT2D eigenvalue weighted by molar-refractivity contribution is 0.152. The highest BCUT2D eigenvalue weighted by molar-refractivity contribution is 14.1. The lowest BCUT2D eigenvalue weighted by Gasteiger charge is -1.94. The Kier molecular flexibility index (Phi) is 2.23. The summed E-state index contributed by atoms with van der Waals surface area (Å²) in [7, 11) is 0. The van der Waals surface area contributed by atoms with E-state index < -0.39 is 6.43 Å². The van der Waals surface area contributed by atoms with Crippen molar-refractivity contribution in [2.45, 2.75) is 6.43 Å². The molecular formula is C9H5F2IO. The van der Waals surface area contributed by atoms with E-state index in [4.69, 9.17) is 4.42 Å². The molecule has 13 heavy (non-hydrogen) atoms. The first-order valence-corrected chi connectivity index (χ1v) is 4.71. The fraction of sp³-hybridized carbons (Fsp3) is 0.111. The summed E-state index contributed by atoms with van der Waals surface area (Å²) in [6.45, 7) is 0. The van der Waals surface area contributed by atoms with Gasteiger partial charge in [-0.15, -0.1) is 0 Å². The minimum atomic E-state index is -2.47. The first-order valence-electron chi connectivity index (χ1n) is 3.63. The lowest BCUT2D eigenvalue weighted by atomic mass is 10.2. The molecule has 0 unspecified atom stereocenters. The third-order valence-corrected chi connectivity index (χ3v) is 2.47. The molecule has 0 aliphatic carbocycles. The molecule has 1 aromatic carbocycles.